The molecule has 1 fully saturated rings. The number of ether oxygens (including phenoxy) is 1. The van der Waals surface area contributed by atoms with Gasteiger partial charge in [0.1, 0.15) is 17.2 Å². The summed E-state index contributed by atoms with van der Waals surface area (Å²) >= 11 is 1.55. The van der Waals surface area contributed by atoms with Crippen LogP contribution in [0.15, 0.2) is 29.8 Å². The molecule has 1 saturated heterocycles. The lowest BCUT2D eigenvalue weighted by Crippen LogP contribution is -2.36. The highest BCUT2D eigenvalue weighted by Gasteiger charge is 2.19. The van der Waals surface area contributed by atoms with Gasteiger partial charge in [0, 0.05) is 42.9 Å². The molecule has 10 nitrogen and oxygen atoms in total. The van der Waals surface area contributed by atoms with Gasteiger partial charge in [-0.15, -0.1) is 11.3 Å². The predicted molar refractivity (Wildman–Crippen MR) is 138 cm³/mol. The summed E-state index contributed by atoms with van der Waals surface area (Å²) in [4.78, 5) is 28.8. The molecule has 0 spiro atoms. The maximum Gasteiger partial charge on any atom is 0.256 e. The first-order chi connectivity index (χ1) is 17.0. The molecular weight excluding hydrogens is 464 g/mol. The Labute approximate surface area is 208 Å². The molecule has 1 amide bonds. The van der Waals surface area contributed by atoms with Crippen molar-refractivity contribution >= 4 is 45.6 Å². The zero-order valence-electron chi connectivity index (χ0n) is 19.9. The van der Waals surface area contributed by atoms with Crippen LogP contribution in [0.5, 0.6) is 0 Å². The Morgan fingerprint density at radius 3 is 2.86 bits per heavy atom. The number of nitrogens with one attached hydrogen (secondary N) is 4. The monoisotopic (exact) mass is 494 g/mol. The number of carbonyl (C=O) groups excluding carboxylic acids is 1. The molecule has 0 bridgehead atoms. The molecule has 5 rings (SSSR count). The van der Waals surface area contributed by atoms with Gasteiger partial charge >= 0.3 is 0 Å². The van der Waals surface area contributed by atoms with Crippen LogP contribution >= 0.6 is 11.3 Å². The van der Waals surface area contributed by atoms with E-state index in [9.17, 15) is 4.79 Å². The molecule has 4 heterocycles. The van der Waals surface area contributed by atoms with Crippen molar-refractivity contribution in [1.82, 2.24) is 25.6 Å². The van der Waals surface area contributed by atoms with Crippen molar-refractivity contribution in [3.05, 3.63) is 46.5 Å². The molecule has 1 aromatic carbocycles. The summed E-state index contributed by atoms with van der Waals surface area (Å²) in [6, 6.07) is 6.29. The maximum atomic E-state index is 12.9. The summed E-state index contributed by atoms with van der Waals surface area (Å²) in [6.45, 7) is 8.70. The first-order valence-electron chi connectivity index (χ1n) is 11.9. The van der Waals surface area contributed by atoms with E-state index >= 15 is 0 Å². The van der Waals surface area contributed by atoms with E-state index in [1.807, 2.05) is 25.3 Å². The average molecular weight is 495 g/mol. The Bertz CT molecular complexity index is 1190. The second-order valence-electron chi connectivity index (χ2n) is 8.86. The molecule has 3 aromatic rings. The molecule has 184 valence electrons. The van der Waals surface area contributed by atoms with Crippen molar-refractivity contribution < 1.29 is 9.53 Å². The van der Waals surface area contributed by atoms with Crippen LogP contribution in [0.3, 0.4) is 0 Å². The topological polar surface area (TPSA) is 116 Å². The van der Waals surface area contributed by atoms with E-state index in [4.69, 9.17) is 9.72 Å². The lowest BCUT2D eigenvalue weighted by molar-refractivity contribution is 0.0943. The van der Waals surface area contributed by atoms with Crippen molar-refractivity contribution in [1.29, 1.82) is 0 Å². The molecule has 0 atom stereocenters. The zero-order valence-corrected chi connectivity index (χ0v) is 20.7. The first-order valence-corrected chi connectivity index (χ1v) is 12.8. The van der Waals surface area contributed by atoms with Crippen molar-refractivity contribution in [2.75, 3.05) is 48.4 Å². The van der Waals surface area contributed by atoms with Crippen LogP contribution < -0.4 is 26.2 Å². The zero-order chi connectivity index (χ0) is 24.2. The predicted octanol–water partition coefficient (Wildman–Crippen LogP) is 3.04. The van der Waals surface area contributed by atoms with E-state index in [0.29, 0.717) is 36.4 Å². The number of thiazole rings is 1. The van der Waals surface area contributed by atoms with Crippen LogP contribution in [0.25, 0.3) is 0 Å². The van der Waals surface area contributed by atoms with Crippen LogP contribution in [0.4, 0.5) is 28.4 Å². The summed E-state index contributed by atoms with van der Waals surface area (Å²) in [5.41, 5.74) is 3.89. The quantitative estimate of drug-likeness (QED) is 0.393. The number of nitrogens with zero attached hydrogens (tertiary/aromatic N) is 4. The number of rotatable bonds is 7. The summed E-state index contributed by atoms with van der Waals surface area (Å²) in [6.07, 6.45) is 2.57. The van der Waals surface area contributed by atoms with Crippen LogP contribution in [0.2, 0.25) is 0 Å². The van der Waals surface area contributed by atoms with Gasteiger partial charge in [0.2, 0.25) is 5.95 Å². The van der Waals surface area contributed by atoms with E-state index in [1.165, 1.54) is 11.1 Å². The van der Waals surface area contributed by atoms with Crippen LogP contribution in [0, 0.1) is 0 Å². The third-order valence-corrected chi connectivity index (χ3v) is 6.72. The molecule has 4 N–H and O–H groups in total. The third-order valence-electron chi connectivity index (χ3n) is 5.82. The van der Waals surface area contributed by atoms with E-state index < -0.39 is 0 Å². The molecule has 2 aliphatic rings. The number of carbonyl (C=O) groups is 1. The van der Waals surface area contributed by atoms with E-state index in [-0.39, 0.29) is 11.9 Å². The highest BCUT2D eigenvalue weighted by Crippen LogP contribution is 2.28. The van der Waals surface area contributed by atoms with Crippen LogP contribution in [-0.4, -0.2) is 59.7 Å². The summed E-state index contributed by atoms with van der Waals surface area (Å²) in [5.74, 6) is 1.21. The van der Waals surface area contributed by atoms with Crippen LogP contribution in [-0.2, 0) is 17.7 Å². The maximum absolute atomic E-state index is 12.9. The first kappa shape index (κ1) is 23.5. The van der Waals surface area contributed by atoms with E-state index in [2.05, 4.69) is 48.3 Å². The van der Waals surface area contributed by atoms with Gasteiger partial charge in [0.15, 0.2) is 5.13 Å². The smallest absolute Gasteiger partial charge is 0.256 e. The summed E-state index contributed by atoms with van der Waals surface area (Å²) in [7, 11) is 0. The van der Waals surface area contributed by atoms with Crippen LogP contribution in [0.1, 0.15) is 35.3 Å². The van der Waals surface area contributed by atoms with Gasteiger partial charge in [-0.2, -0.15) is 4.98 Å². The fourth-order valence-corrected chi connectivity index (χ4v) is 4.89. The van der Waals surface area contributed by atoms with E-state index in [1.54, 1.807) is 17.5 Å². The Hall–Kier alpha value is -3.28. The molecule has 0 unspecified atom stereocenters. The van der Waals surface area contributed by atoms with Gasteiger partial charge in [-0.1, -0.05) is 6.07 Å². The number of morpholine rings is 1. The lowest BCUT2D eigenvalue weighted by Gasteiger charge is -2.25. The molecular formula is C24H30N8O2S. The van der Waals surface area contributed by atoms with Gasteiger partial charge < -0.3 is 30.9 Å². The van der Waals surface area contributed by atoms with Gasteiger partial charge in [0.25, 0.3) is 5.91 Å². The molecule has 35 heavy (non-hydrogen) atoms. The largest absolute Gasteiger partial charge is 0.378 e. The Morgan fingerprint density at radius 2 is 2.03 bits per heavy atom. The van der Waals surface area contributed by atoms with Gasteiger partial charge in [-0.05, 0) is 50.1 Å². The number of aromatic nitrogens is 3. The minimum atomic E-state index is -0.238. The Balaban J connectivity index is 1.39. The highest BCUT2D eigenvalue weighted by atomic mass is 32.1. The van der Waals surface area contributed by atoms with Crippen molar-refractivity contribution in [3.8, 4) is 0 Å². The number of hydrogen-bond acceptors (Lipinski definition) is 10. The minimum absolute atomic E-state index is 0.00977. The molecule has 0 aliphatic carbocycles. The normalized spacial score (nSPS) is 15.6. The average Bonchev–Trinajstić information content (AvgIpc) is 3.33. The SMILES string of the molecule is CC(C)NC(=O)c1cnc(Nc2ccc3c(c2)CNCC3)nc1Nc1csc(N2CCOCC2)n1. The van der Waals surface area contributed by atoms with Gasteiger partial charge in [0.05, 0.1) is 13.2 Å². The fraction of sp³-hybridized carbons (Fsp3) is 0.417. The fourth-order valence-electron chi connectivity index (χ4n) is 4.07. The number of anilines is 5. The van der Waals surface area contributed by atoms with Crippen molar-refractivity contribution in [3.63, 3.8) is 0 Å². The molecule has 0 radical (unpaired) electrons. The molecule has 0 saturated carbocycles. The molecule has 2 aromatic heterocycles. The van der Waals surface area contributed by atoms with Gasteiger partial charge in [-0.3, -0.25) is 4.79 Å². The Kier molecular flexibility index (Phi) is 7.07. The summed E-state index contributed by atoms with van der Waals surface area (Å²) < 4.78 is 5.44. The summed E-state index contributed by atoms with van der Waals surface area (Å²) in [5, 5.41) is 15.7. The lowest BCUT2D eigenvalue weighted by atomic mass is 10.0. The number of benzene rings is 1. The molecule has 11 heteroatoms. The second kappa shape index (κ2) is 10.5. The molecule has 2 aliphatic heterocycles. The Morgan fingerprint density at radius 1 is 1.17 bits per heavy atom. The third kappa shape index (κ3) is 5.69. The second-order valence-corrected chi connectivity index (χ2v) is 9.70. The minimum Gasteiger partial charge on any atom is -0.378 e. The van der Waals surface area contributed by atoms with Crippen molar-refractivity contribution in [2.24, 2.45) is 0 Å². The van der Waals surface area contributed by atoms with E-state index in [0.717, 1.165) is 43.4 Å². The standard InChI is InChI=1S/C24H30N8O2S/c1-15(2)27-22(33)19-13-26-23(28-18-4-3-16-5-6-25-12-17(16)11-18)31-21(19)29-20-14-35-24(30-20)32-7-9-34-10-8-32/h3-4,11,13-15,25H,5-10,12H2,1-2H3,(H,27,33)(H2,26,28,29,31). The van der Waals surface area contributed by atoms with Crippen molar-refractivity contribution in [2.45, 2.75) is 32.9 Å². The number of hydrogen-bond donors (Lipinski definition) is 4. The number of fused-ring (bicyclic) bond motifs is 1. The highest BCUT2D eigenvalue weighted by molar-refractivity contribution is 7.14. The van der Waals surface area contributed by atoms with Gasteiger partial charge in [-0.25, -0.2) is 9.97 Å². The number of amides is 1.